The van der Waals surface area contributed by atoms with Gasteiger partial charge < -0.3 is 10.8 Å². The van der Waals surface area contributed by atoms with E-state index in [2.05, 4.69) is 0 Å². The van der Waals surface area contributed by atoms with Crippen LogP contribution >= 0.6 is 0 Å². The van der Waals surface area contributed by atoms with Crippen LogP contribution in [-0.4, -0.2) is 23.0 Å². The maximum absolute atomic E-state index is 12.0. The monoisotopic (exact) mass is 303 g/mol. The fourth-order valence-electron chi connectivity index (χ4n) is 3.42. The smallest absolute Gasteiger partial charge is 0.162 e. The van der Waals surface area contributed by atoms with Crippen molar-refractivity contribution < 1.29 is 9.90 Å². The highest BCUT2D eigenvalue weighted by atomic mass is 16.3. The Morgan fingerprint density at radius 2 is 1.86 bits per heavy atom. The van der Waals surface area contributed by atoms with Crippen LogP contribution in [0.5, 0.6) is 0 Å². The molecule has 1 fully saturated rings. The van der Waals surface area contributed by atoms with Gasteiger partial charge in [-0.25, -0.2) is 0 Å². The summed E-state index contributed by atoms with van der Waals surface area (Å²) in [6.45, 7) is 0. The number of Topliss-reactive ketones (excluding diaryl/α,β-unsaturated/α-hetero) is 1. The first-order valence-electron chi connectivity index (χ1n) is 8.68. The molecule has 0 heterocycles. The van der Waals surface area contributed by atoms with Gasteiger partial charge in [-0.05, 0) is 25.2 Å². The molecule has 2 rings (SSSR count). The fraction of sp³-hybridized carbons (Fsp3) is 0.632. The van der Waals surface area contributed by atoms with E-state index in [1.54, 1.807) is 0 Å². The highest BCUT2D eigenvalue weighted by Crippen LogP contribution is 2.28. The predicted molar refractivity (Wildman–Crippen MR) is 89.8 cm³/mol. The maximum atomic E-state index is 12.0. The maximum Gasteiger partial charge on any atom is 0.162 e. The minimum absolute atomic E-state index is 0.144. The summed E-state index contributed by atoms with van der Waals surface area (Å²) in [5.74, 6) is 0.831. The summed E-state index contributed by atoms with van der Waals surface area (Å²) in [6.07, 6.45) is 8.71. The summed E-state index contributed by atoms with van der Waals surface area (Å²) in [5, 5.41) is 10.2. The van der Waals surface area contributed by atoms with Crippen LogP contribution in [0.2, 0.25) is 0 Å². The summed E-state index contributed by atoms with van der Waals surface area (Å²) in [6, 6.07) is 9.20. The number of aliphatic hydroxyl groups is 1. The van der Waals surface area contributed by atoms with Crippen molar-refractivity contribution in [1.82, 2.24) is 0 Å². The molecule has 1 aliphatic carbocycles. The Balaban J connectivity index is 1.66. The Morgan fingerprint density at radius 3 is 2.55 bits per heavy atom. The van der Waals surface area contributed by atoms with Gasteiger partial charge in [-0.1, -0.05) is 62.4 Å². The van der Waals surface area contributed by atoms with E-state index in [4.69, 9.17) is 5.73 Å². The van der Waals surface area contributed by atoms with E-state index in [0.717, 1.165) is 12.0 Å². The second kappa shape index (κ2) is 9.06. The Bertz CT molecular complexity index is 440. The van der Waals surface area contributed by atoms with Crippen LogP contribution in [0.15, 0.2) is 30.3 Å². The highest BCUT2D eigenvalue weighted by molar-refractivity contribution is 5.95. The molecule has 0 unspecified atom stereocenters. The van der Waals surface area contributed by atoms with Gasteiger partial charge in [0.1, 0.15) is 0 Å². The lowest BCUT2D eigenvalue weighted by atomic mass is 9.83. The van der Waals surface area contributed by atoms with Crippen molar-refractivity contribution in [2.45, 2.75) is 69.9 Å². The first-order chi connectivity index (χ1) is 10.7. The molecule has 2 atom stereocenters. The molecule has 1 aliphatic rings. The largest absolute Gasteiger partial charge is 0.392 e. The van der Waals surface area contributed by atoms with Crippen molar-refractivity contribution in [3.05, 3.63) is 35.9 Å². The van der Waals surface area contributed by atoms with Crippen LogP contribution in [0.1, 0.15) is 68.1 Å². The second-order valence-electron chi connectivity index (χ2n) is 6.65. The zero-order valence-electron chi connectivity index (χ0n) is 13.4. The predicted octanol–water partition coefficient (Wildman–Crippen LogP) is 3.70. The number of nitrogens with two attached hydrogens (primary N) is 1. The first kappa shape index (κ1) is 17.2. The lowest BCUT2D eigenvalue weighted by Gasteiger charge is -2.27. The van der Waals surface area contributed by atoms with Crippen LogP contribution in [0.3, 0.4) is 0 Å². The van der Waals surface area contributed by atoms with Crippen LogP contribution < -0.4 is 5.73 Å². The molecule has 0 spiro atoms. The van der Waals surface area contributed by atoms with E-state index >= 15 is 0 Å². The van der Waals surface area contributed by atoms with E-state index in [9.17, 15) is 9.90 Å². The molecule has 0 aliphatic heterocycles. The van der Waals surface area contributed by atoms with Gasteiger partial charge in [-0.3, -0.25) is 4.79 Å². The number of hydrogen-bond donors (Lipinski definition) is 2. The van der Waals surface area contributed by atoms with Gasteiger partial charge in [0.25, 0.3) is 0 Å². The van der Waals surface area contributed by atoms with Gasteiger partial charge in [-0.15, -0.1) is 0 Å². The molecule has 0 radical (unpaired) electrons. The molecule has 1 aromatic carbocycles. The van der Waals surface area contributed by atoms with Crippen molar-refractivity contribution >= 4 is 5.78 Å². The van der Waals surface area contributed by atoms with Crippen LogP contribution in [0.25, 0.3) is 0 Å². The van der Waals surface area contributed by atoms with Gasteiger partial charge >= 0.3 is 0 Å². The first-order valence-corrected chi connectivity index (χ1v) is 8.68. The molecule has 0 saturated heterocycles. The molecule has 3 N–H and O–H groups in total. The Hall–Kier alpha value is -1.19. The molecule has 1 aromatic rings. The molecule has 0 bridgehead atoms. The average molecular weight is 303 g/mol. The number of carbonyl (C=O) groups excluding carboxylic acids is 1. The van der Waals surface area contributed by atoms with Gasteiger partial charge in [-0.2, -0.15) is 0 Å². The van der Waals surface area contributed by atoms with Crippen LogP contribution in [0.4, 0.5) is 0 Å². The van der Waals surface area contributed by atoms with E-state index in [1.165, 1.54) is 32.1 Å². The van der Waals surface area contributed by atoms with Crippen molar-refractivity contribution in [3.63, 3.8) is 0 Å². The summed E-state index contributed by atoms with van der Waals surface area (Å²) in [5.41, 5.74) is 6.89. The number of ketones is 1. The number of benzene rings is 1. The Morgan fingerprint density at radius 1 is 1.18 bits per heavy atom. The van der Waals surface area contributed by atoms with Crippen LogP contribution in [0, 0.1) is 5.92 Å². The number of carbonyl (C=O) groups is 1. The van der Waals surface area contributed by atoms with Crippen molar-refractivity contribution in [1.29, 1.82) is 0 Å². The summed E-state index contributed by atoms with van der Waals surface area (Å²) in [4.78, 5) is 12.0. The zero-order valence-corrected chi connectivity index (χ0v) is 13.4. The van der Waals surface area contributed by atoms with Crippen molar-refractivity contribution in [2.75, 3.05) is 0 Å². The second-order valence-corrected chi connectivity index (χ2v) is 6.65. The molecule has 0 aromatic heterocycles. The summed E-state index contributed by atoms with van der Waals surface area (Å²) < 4.78 is 0. The zero-order chi connectivity index (χ0) is 15.8. The topological polar surface area (TPSA) is 63.3 Å². The van der Waals surface area contributed by atoms with Crippen molar-refractivity contribution in [3.8, 4) is 0 Å². The standard InChI is InChI=1S/C19H29NO2/c20-17(14-15-8-3-1-4-9-15)19(22)13-7-12-18(21)16-10-5-2-6-11-16/h2,5-6,10-11,15,17,19,22H,1,3-4,7-9,12-14,20H2/t17-,19-/m0/s1. The third kappa shape index (κ3) is 5.54. The molecular formula is C19H29NO2. The Labute approximate surface area is 133 Å². The Kier molecular flexibility index (Phi) is 7.07. The highest BCUT2D eigenvalue weighted by Gasteiger charge is 2.21. The van der Waals surface area contributed by atoms with Gasteiger partial charge in [0, 0.05) is 18.0 Å². The van der Waals surface area contributed by atoms with Gasteiger partial charge in [0.15, 0.2) is 5.78 Å². The SMILES string of the molecule is N[C@@H](CC1CCCCC1)[C@@H](O)CCCC(=O)c1ccccc1. The molecule has 0 amide bonds. The average Bonchev–Trinajstić information content (AvgIpc) is 2.56. The van der Waals surface area contributed by atoms with Crippen LogP contribution in [-0.2, 0) is 0 Å². The molecule has 22 heavy (non-hydrogen) atoms. The number of hydrogen-bond acceptors (Lipinski definition) is 3. The normalized spacial score (nSPS) is 18.8. The fourth-order valence-corrected chi connectivity index (χ4v) is 3.42. The van der Waals surface area contributed by atoms with E-state index in [1.807, 2.05) is 30.3 Å². The third-order valence-corrected chi connectivity index (χ3v) is 4.82. The lowest BCUT2D eigenvalue weighted by Crippen LogP contribution is -2.36. The molecular weight excluding hydrogens is 274 g/mol. The summed E-state index contributed by atoms with van der Waals surface area (Å²) >= 11 is 0. The summed E-state index contributed by atoms with van der Waals surface area (Å²) in [7, 11) is 0. The number of aliphatic hydroxyl groups excluding tert-OH is 1. The van der Waals surface area contributed by atoms with E-state index in [-0.39, 0.29) is 11.8 Å². The molecule has 3 nitrogen and oxygen atoms in total. The number of rotatable bonds is 8. The quantitative estimate of drug-likeness (QED) is 0.720. The van der Waals surface area contributed by atoms with E-state index < -0.39 is 6.10 Å². The van der Waals surface area contributed by atoms with E-state index in [0.29, 0.717) is 25.2 Å². The molecule has 1 saturated carbocycles. The van der Waals surface area contributed by atoms with Crippen molar-refractivity contribution in [2.24, 2.45) is 11.7 Å². The lowest BCUT2D eigenvalue weighted by molar-refractivity contribution is 0.0947. The minimum atomic E-state index is -0.481. The van der Waals surface area contributed by atoms with Gasteiger partial charge in [0.2, 0.25) is 0 Å². The minimum Gasteiger partial charge on any atom is -0.392 e. The molecule has 122 valence electrons. The molecule has 3 heteroatoms. The van der Waals surface area contributed by atoms with Gasteiger partial charge in [0.05, 0.1) is 6.10 Å². The third-order valence-electron chi connectivity index (χ3n) is 4.82.